The molecule has 8 nitrogen and oxygen atoms in total. The molecule has 33 heavy (non-hydrogen) atoms. The predicted octanol–water partition coefficient (Wildman–Crippen LogP) is 3.95. The Balaban J connectivity index is 1.73. The third kappa shape index (κ3) is 7.99. The maximum atomic E-state index is 12.7. The molecule has 1 amide bonds. The van der Waals surface area contributed by atoms with Gasteiger partial charge in [-0.3, -0.25) is 9.69 Å². The highest BCUT2D eigenvalue weighted by atomic mass is 28.4. The van der Waals surface area contributed by atoms with Gasteiger partial charge in [-0.1, -0.05) is 17.3 Å². The molecule has 0 saturated carbocycles. The molecular weight excluding hydrogens is 450 g/mol. The third-order valence-corrected chi connectivity index (χ3v) is 7.86. The number of hydrogen-bond acceptors (Lipinski definition) is 6. The lowest BCUT2D eigenvalue weighted by molar-refractivity contribution is -0.131. The van der Waals surface area contributed by atoms with E-state index in [2.05, 4.69) is 54.5 Å². The van der Waals surface area contributed by atoms with Gasteiger partial charge in [-0.25, -0.2) is 4.68 Å². The molecule has 1 atom stereocenters. The molecule has 0 bridgehead atoms. The van der Waals surface area contributed by atoms with Gasteiger partial charge < -0.3 is 13.8 Å². The fraction of sp³-hybridized carbons (Fsp3) is 0.696. The van der Waals surface area contributed by atoms with Crippen LogP contribution in [-0.4, -0.2) is 86.7 Å². The van der Waals surface area contributed by atoms with Crippen LogP contribution in [0.1, 0.15) is 25.4 Å². The zero-order valence-corrected chi connectivity index (χ0v) is 23.2. The van der Waals surface area contributed by atoms with Gasteiger partial charge in [0, 0.05) is 52.2 Å². The summed E-state index contributed by atoms with van der Waals surface area (Å²) in [7, 11) is -3.12. The van der Waals surface area contributed by atoms with Gasteiger partial charge in [0.1, 0.15) is 11.7 Å². The maximum Gasteiger partial charge on any atom is 0.224 e. The molecule has 1 aliphatic rings. The average molecular weight is 492 g/mol. The van der Waals surface area contributed by atoms with Gasteiger partial charge in [0.2, 0.25) is 5.91 Å². The van der Waals surface area contributed by atoms with Crippen LogP contribution >= 0.6 is 0 Å². The van der Waals surface area contributed by atoms with Crippen LogP contribution in [0.2, 0.25) is 39.3 Å². The van der Waals surface area contributed by atoms with Crippen LogP contribution in [0.15, 0.2) is 24.3 Å². The van der Waals surface area contributed by atoms with E-state index < -0.39 is 16.6 Å². The Morgan fingerprint density at radius 1 is 1.00 bits per heavy atom. The first-order chi connectivity index (χ1) is 15.5. The van der Waals surface area contributed by atoms with Crippen molar-refractivity contribution in [2.24, 2.45) is 0 Å². The van der Waals surface area contributed by atoms with Crippen LogP contribution in [0.4, 0.5) is 0 Å². The van der Waals surface area contributed by atoms with E-state index in [9.17, 15) is 4.79 Å². The molecule has 10 heteroatoms. The van der Waals surface area contributed by atoms with Gasteiger partial charge in [0.15, 0.2) is 16.6 Å². The zero-order valence-electron chi connectivity index (χ0n) is 21.2. The van der Waals surface area contributed by atoms with Crippen molar-refractivity contribution in [2.45, 2.75) is 64.7 Å². The molecule has 1 aromatic heterocycles. The Bertz CT molecular complexity index is 889. The number of carbonyl (C=O) groups is 1. The van der Waals surface area contributed by atoms with E-state index in [1.54, 1.807) is 0 Å². The van der Waals surface area contributed by atoms with Crippen molar-refractivity contribution in [3.8, 4) is 0 Å². The fourth-order valence-electron chi connectivity index (χ4n) is 4.10. The molecule has 1 fully saturated rings. The van der Waals surface area contributed by atoms with E-state index in [4.69, 9.17) is 8.85 Å². The van der Waals surface area contributed by atoms with Gasteiger partial charge in [-0.05, 0) is 57.8 Å². The molecule has 1 aromatic carbocycles. The Morgan fingerprint density at radius 3 is 2.21 bits per heavy atom. The highest BCUT2D eigenvalue weighted by Gasteiger charge is 2.31. The summed E-state index contributed by atoms with van der Waals surface area (Å²) >= 11 is 0. The fourth-order valence-corrected chi connectivity index (χ4v) is 5.50. The summed E-state index contributed by atoms with van der Waals surface area (Å²) in [5.41, 5.74) is 1.83. The van der Waals surface area contributed by atoms with E-state index >= 15 is 0 Å². The van der Waals surface area contributed by atoms with E-state index in [0.717, 1.165) is 63.3 Å². The van der Waals surface area contributed by atoms with Crippen molar-refractivity contribution in [1.82, 2.24) is 24.8 Å². The van der Waals surface area contributed by atoms with Crippen molar-refractivity contribution in [2.75, 3.05) is 39.4 Å². The lowest BCUT2D eigenvalue weighted by Crippen LogP contribution is -2.40. The summed E-state index contributed by atoms with van der Waals surface area (Å²) in [5.74, 6) is 0.204. The van der Waals surface area contributed by atoms with E-state index in [1.165, 1.54) is 0 Å². The van der Waals surface area contributed by atoms with Gasteiger partial charge in [-0.2, -0.15) is 0 Å². The van der Waals surface area contributed by atoms with Gasteiger partial charge in [0.25, 0.3) is 0 Å². The van der Waals surface area contributed by atoms with Crippen LogP contribution in [0, 0.1) is 0 Å². The Labute approximate surface area is 200 Å². The largest absolute Gasteiger partial charge is 0.416 e. The van der Waals surface area contributed by atoms with Crippen molar-refractivity contribution >= 4 is 33.6 Å². The molecule has 0 spiro atoms. The standard InChI is InChI=1S/C23H41N5O3Si2/c1-32(2,3)30-18-16-26(17-19-31-33(4,5)6)15-13-22(27-14-9-12-23(27)29)28-21-11-8-7-10-20(21)24-25-28/h7-8,10-11,22H,9,12-19H2,1-6H3. The average Bonchev–Trinajstić information content (AvgIpc) is 3.33. The van der Waals surface area contributed by atoms with Crippen LogP contribution in [0.25, 0.3) is 11.0 Å². The normalized spacial score (nSPS) is 16.3. The predicted molar refractivity (Wildman–Crippen MR) is 137 cm³/mol. The first-order valence-corrected chi connectivity index (χ1v) is 18.9. The van der Waals surface area contributed by atoms with Crippen molar-refractivity contribution in [3.63, 3.8) is 0 Å². The minimum atomic E-state index is -1.56. The molecule has 0 N–H and O–H groups in total. The first-order valence-electron chi connectivity index (χ1n) is 12.1. The second-order valence-electron chi connectivity index (χ2n) is 10.7. The minimum Gasteiger partial charge on any atom is -0.416 e. The monoisotopic (exact) mass is 491 g/mol. The maximum absolute atomic E-state index is 12.7. The highest BCUT2D eigenvalue weighted by Crippen LogP contribution is 2.26. The lowest BCUT2D eigenvalue weighted by atomic mass is 10.2. The molecule has 0 aliphatic carbocycles. The summed E-state index contributed by atoms with van der Waals surface area (Å²) in [4.78, 5) is 17.1. The van der Waals surface area contributed by atoms with Crippen LogP contribution in [0.3, 0.4) is 0 Å². The number of para-hydroxylation sites is 1. The zero-order chi connectivity index (χ0) is 24.1. The lowest BCUT2D eigenvalue weighted by Gasteiger charge is -2.31. The van der Waals surface area contributed by atoms with E-state index in [0.29, 0.717) is 6.42 Å². The van der Waals surface area contributed by atoms with Crippen LogP contribution in [0.5, 0.6) is 0 Å². The second kappa shape index (κ2) is 11.2. The highest BCUT2D eigenvalue weighted by molar-refractivity contribution is 6.70. The molecule has 3 rings (SSSR count). The topological polar surface area (TPSA) is 72.7 Å². The number of likely N-dealkylation sites (tertiary alicyclic amines) is 1. The van der Waals surface area contributed by atoms with Gasteiger partial charge in [-0.15, -0.1) is 5.10 Å². The molecule has 1 aliphatic heterocycles. The number of benzene rings is 1. The molecule has 184 valence electrons. The van der Waals surface area contributed by atoms with Crippen LogP contribution < -0.4 is 0 Å². The number of fused-ring (bicyclic) bond motifs is 1. The Hall–Kier alpha value is -1.60. The van der Waals surface area contributed by atoms with Crippen LogP contribution in [-0.2, 0) is 13.6 Å². The van der Waals surface area contributed by atoms with Gasteiger partial charge in [0.05, 0.1) is 5.52 Å². The molecule has 1 saturated heterocycles. The van der Waals surface area contributed by atoms with E-state index in [1.807, 2.05) is 33.8 Å². The number of nitrogens with zero attached hydrogens (tertiary/aromatic N) is 5. The Kier molecular flexibility index (Phi) is 8.85. The number of carbonyl (C=O) groups excluding carboxylic acids is 1. The van der Waals surface area contributed by atoms with Crippen molar-refractivity contribution in [1.29, 1.82) is 0 Å². The Morgan fingerprint density at radius 2 is 1.64 bits per heavy atom. The number of amides is 1. The van der Waals surface area contributed by atoms with Crippen molar-refractivity contribution in [3.05, 3.63) is 24.3 Å². The molecule has 2 heterocycles. The summed E-state index contributed by atoms with van der Waals surface area (Å²) in [6.07, 6.45) is 2.17. The summed E-state index contributed by atoms with van der Waals surface area (Å²) in [5, 5.41) is 8.80. The molecule has 1 unspecified atom stereocenters. The number of aromatic nitrogens is 3. The minimum absolute atomic E-state index is 0.134. The van der Waals surface area contributed by atoms with Crippen molar-refractivity contribution < 1.29 is 13.6 Å². The quantitative estimate of drug-likeness (QED) is 0.395. The summed E-state index contributed by atoms with van der Waals surface area (Å²) in [6.45, 7) is 18.1. The smallest absolute Gasteiger partial charge is 0.224 e. The third-order valence-electron chi connectivity index (χ3n) is 5.72. The second-order valence-corrected chi connectivity index (χ2v) is 19.8. The summed E-state index contributed by atoms with van der Waals surface area (Å²) < 4.78 is 14.2. The number of rotatable bonds is 13. The molecular formula is C23H41N5O3Si2. The first kappa shape index (κ1) is 26.0. The number of hydrogen-bond donors (Lipinski definition) is 0. The molecule has 0 radical (unpaired) electrons. The van der Waals surface area contributed by atoms with Gasteiger partial charge >= 0.3 is 0 Å². The summed E-state index contributed by atoms with van der Waals surface area (Å²) in [6, 6.07) is 7.97. The molecule has 2 aromatic rings. The SMILES string of the molecule is C[Si](C)(C)OCCN(CCO[Si](C)(C)C)CCC(N1CCCC1=O)n1nnc2ccccc21. The van der Waals surface area contributed by atoms with E-state index in [-0.39, 0.29) is 12.1 Å².